The Kier molecular flexibility index (Phi) is 11.9. The molecular formula is C27H39Cl2N5O2. The fourth-order valence-corrected chi connectivity index (χ4v) is 4.38. The molecule has 0 spiro atoms. The molecule has 198 valence electrons. The lowest BCUT2D eigenvalue weighted by molar-refractivity contribution is -0.135. The number of hydrogen-bond acceptors (Lipinski definition) is 4. The molecule has 0 aliphatic heterocycles. The molecule has 2 aromatic rings. The minimum absolute atomic E-state index is 0. The summed E-state index contributed by atoms with van der Waals surface area (Å²) < 4.78 is 0. The lowest BCUT2D eigenvalue weighted by Crippen LogP contribution is -2.63. The first-order valence-corrected chi connectivity index (χ1v) is 11.9. The van der Waals surface area contributed by atoms with Gasteiger partial charge in [-0.25, -0.2) is 0 Å². The number of nitrogens with one attached hydrogen (secondary N) is 4. The molecule has 1 atom stereocenters. The first kappa shape index (κ1) is 31.4. The molecular weight excluding hydrogens is 497 g/mol. The molecule has 3 rings (SSSR count). The van der Waals surface area contributed by atoms with Gasteiger partial charge in [0.05, 0.1) is 6.04 Å². The molecule has 2 aromatic carbocycles. The van der Waals surface area contributed by atoms with Gasteiger partial charge >= 0.3 is 0 Å². The van der Waals surface area contributed by atoms with Gasteiger partial charge in [-0.15, -0.1) is 24.8 Å². The standard InChI is InChI=1S/C27H37N5O2.2ClH/c1-17(2)15-30-23(18(3)4)25(33)32-27(13-21-7-5-6-8-22(21)14-27)26(34)31-16-19-9-11-20(12-10-19)24(28)29;;/h5-12,17-18,23,30H,13-16H2,1-4H3,(H3,28,29)(H,31,34)(H,32,33);2*1H/t23-;;/m1../s1. The molecule has 0 radical (unpaired) electrons. The third-order valence-electron chi connectivity index (χ3n) is 6.31. The van der Waals surface area contributed by atoms with Crippen molar-refractivity contribution in [2.24, 2.45) is 17.6 Å². The summed E-state index contributed by atoms with van der Waals surface area (Å²) in [6.45, 7) is 9.29. The van der Waals surface area contributed by atoms with Crippen molar-refractivity contribution in [2.45, 2.75) is 58.7 Å². The summed E-state index contributed by atoms with van der Waals surface area (Å²) in [6.07, 6.45) is 0.915. The highest BCUT2D eigenvalue weighted by Gasteiger charge is 2.46. The van der Waals surface area contributed by atoms with Gasteiger partial charge in [-0.1, -0.05) is 76.2 Å². The van der Waals surface area contributed by atoms with Crippen molar-refractivity contribution in [1.29, 1.82) is 5.41 Å². The van der Waals surface area contributed by atoms with Crippen molar-refractivity contribution in [3.05, 3.63) is 70.8 Å². The number of fused-ring (bicyclic) bond motifs is 1. The van der Waals surface area contributed by atoms with Gasteiger partial charge in [0.25, 0.3) is 0 Å². The van der Waals surface area contributed by atoms with Gasteiger partial charge in [-0.3, -0.25) is 15.0 Å². The van der Waals surface area contributed by atoms with E-state index in [0.717, 1.165) is 23.2 Å². The molecule has 0 unspecified atom stereocenters. The van der Waals surface area contributed by atoms with E-state index in [1.807, 2.05) is 50.2 Å². The van der Waals surface area contributed by atoms with Crippen LogP contribution in [0.15, 0.2) is 48.5 Å². The second kappa shape index (κ2) is 13.6. The molecule has 0 fully saturated rings. The summed E-state index contributed by atoms with van der Waals surface area (Å²) in [7, 11) is 0. The van der Waals surface area contributed by atoms with Gasteiger partial charge in [0, 0.05) is 24.9 Å². The van der Waals surface area contributed by atoms with E-state index in [4.69, 9.17) is 11.1 Å². The molecule has 0 aromatic heterocycles. The molecule has 6 N–H and O–H groups in total. The minimum Gasteiger partial charge on any atom is -0.384 e. The molecule has 0 saturated heterocycles. The Morgan fingerprint density at radius 1 is 0.972 bits per heavy atom. The molecule has 0 heterocycles. The van der Waals surface area contributed by atoms with Crippen molar-refractivity contribution < 1.29 is 9.59 Å². The summed E-state index contributed by atoms with van der Waals surface area (Å²) in [4.78, 5) is 27.0. The zero-order valence-electron chi connectivity index (χ0n) is 21.4. The Bertz CT molecular complexity index is 1020. The zero-order chi connectivity index (χ0) is 24.9. The van der Waals surface area contributed by atoms with Crippen LogP contribution in [0.2, 0.25) is 0 Å². The van der Waals surface area contributed by atoms with Crippen LogP contribution in [0.25, 0.3) is 0 Å². The van der Waals surface area contributed by atoms with Crippen molar-refractivity contribution in [2.75, 3.05) is 6.54 Å². The monoisotopic (exact) mass is 535 g/mol. The van der Waals surface area contributed by atoms with Crippen LogP contribution in [0.5, 0.6) is 0 Å². The van der Waals surface area contributed by atoms with Crippen LogP contribution < -0.4 is 21.7 Å². The maximum atomic E-state index is 13.6. The summed E-state index contributed by atoms with van der Waals surface area (Å²) in [5.74, 6) is 0.161. The van der Waals surface area contributed by atoms with Crippen LogP contribution in [0, 0.1) is 17.2 Å². The number of amides is 2. The summed E-state index contributed by atoms with van der Waals surface area (Å²) in [6, 6.07) is 14.8. The Balaban J connectivity index is 0.00000324. The van der Waals surface area contributed by atoms with Crippen LogP contribution in [0.3, 0.4) is 0 Å². The summed E-state index contributed by atoms with van der Waals surface area (Å²) in [5.41, 5.74) is 8.19. The smallest absolute Gasteiger partial charge is 0.246 e. The molecule has 9 heteroatoms. The highest BCUT2D eigenvalue weighted by molar-refractivity contribution is 5.95. The van der Waals surface area contributed by atoms with Gasteiger partial charge in [0.15, 0.2) is 0 Å². The number of nitrogen functional groups attached to an aromatic ring is 1. The van der Waals surface area contributed by atoms with Crippen LogP contribution in [0.4, 0.5) is 0 Å². The normalized spacial score (nSPS) is 14.3. The van der Waals surface area contributed by atoms with Gasteiger partial charge in [-0.05, 0) is 35.1 Å². The van der Waals surface area contributed by atoms with Crippen molar-refractivity contribution in [3.63, 3.8) is 0 Å². The van der Waals surface area contributed by atoms with Gasteiger partial charge in [-0.2, -0.15) is 0 Å². The molecule has 1 aliphatic carbocycles. The molecule has 36 heavy (non-hydrogen) atoms. The molecule has 7 nitrogen and oxygen atoms in total. The van der Waals surface area contributed by atoms with E-state index in [1.54, 1.807) is 12.1 Å². The fourth-order valence-electron chi connectivity index (χ4n) is 4.38. The minimum atomic E-state index is -1.03. The van der Waals surface area contributed by atoms with Gasteiger partial charge in [0.2, 0.25) is 11.8 Å². The number of carbonyl (C=O) groups excluding carboxylic acids is 2. The average molecular weight is 537 g/mol. The maximum Gasteiger partial charge on any atom is 0.246 e. The van der Waals surface area contributed by atoms with Crippen molar-refractivity contribution >= 4 is 42.5 Å². The number of rotatable bonds is 10. The Labute approximate surface area is 226 Å². The fraction of sp³-hybridized carbons (Fsp3) is 0.444. The number of nitrogens with two attached hydrogens (primary N) is 1. The van der Waals surface area contributed by atoms with E-state index in [9.17, 15) is 9.59 Å². The number of carbonyl (C=O) groups is 2. The Hall–Kier alpha value is -2.61. The average Bonchev–Trinajstić information content (AvgIpc) is 3.16. The Morgan fingerprint density at radius 3 is 2.00 bits per heavy atom. The second-order valence-electron chi connectivity index (χ2n) is 10.0. The lowest BCUT2D eigenvalue weighted by atomic mass is 9.92. The topological polar surface area (TPSA) is 120 Å². The molecule has 0 bridgehead atoms. The quantitative estimate of drug-likeness (QED) is 0.236. The van der Waals surface area contributed by atoms with Gasteiger partial charge < -0.3 is 21.7 Å². The van der Waals surface area contributed by atoms with Crippen molar-refractivity contribution in [1.82, 2.24) is 16.0 Å². The number of halogens is 2. The summed E-state index contributed by atoms with van der Waals surface area (Å²) >= 11 is 0. The van der Waals surface area contributed by atoms with E-state index in [2.05, 4.69) is 29.8 Å². The zero-order valence-corrected chi connectivity index (χ0v) is 23.0. The Morgan fingerprint density at radius 2 is 1.53 bits per heavy atom. The van der Waals surface area contributed by atoms with E-state index < -0.39 is 5.54 Å². The van der Waals surface area contributed by atoms with E-state index in [-0.39, 0.29) is 54.4 Å². The highest BCUT2D eigenvalue weighted by Crippen LogP contribution is 2.31. The number of benzene rings is 2. The lowest BCUT2D eigenvalue weighted by Gasteiger charge is -2.32. The second-order valence-corrected chi connectivity index (χ2v) is 10.0. The largest absolute Gasteiger partial charge is 0.384 e. The maximum absolute atomic E-state index is 13.6. The van der Waals surface area contributed by atoms with Crippen LogP contribution in [0.1, 0.15) is 49.9 Å². The van der Waals surface area contributed by atoms with E-state index in [0.29, 0.717) is 30.9 Å². The predicted molar refractivity (Wildman–Crippen MR) is 150 cm³/mol. The number of hydrogen-bond donors (Lipinski definition) is 5. The SMILES string of the molecule is CC(C)CN[C@@H](C(=O)NC1(C(=O)NCc2ccc(C(=N)N)cc2)Cc2ccccc2C1)C(C)C.Cl.Cl. The number of amidine groups is 1. The van der Waals surface area contributed by atoms with Crippen molar-refractivity contribution in [3.8, 4) is 0 Å². The van der Waals surface area contributed by atoms with Crippen LogP contribution in [-0.4, -0.2) is 35.8 Å². The molecule has 2 amide bonds. The van der Waals surface area contributed by atoms with E-state index in [1.165, 1.54) is 0 Å². The van der Waals surface area contributed by atoms with Crippen LogP contribution >= 0.6 is 24.8 Å². The molecule has 1 aliphatic rings. The third kappa shape index (κ3) is 7.69. The first-order chi connectivity index (χ1) is 16.1. The highest BCUT2D eigenvalue weighted by atomic mass is 35.5. The third-order valence-corrected chi connectivity index (χ3v) is 6.31. The summed E-state index contributed by atoms with van der Waals surface area (Å²) in [5, 5.41) is 17.1. The molecule has 0 saturated carbocycles. The predicted octanol–water partition coefficient (Wildman–Crippen LogP) is 3.35. The van der Waals surface area contributed by atoms with Gasteiger partial charge in [0.1, 0.15) is 11.4 Å². The van der Waals surface area contributed by atoms with E-state index >= 15 is 0 Å². The van der Waals surface area contributed by atoms with Crippen LogP contribution in [-0.2, 0) is 29.0 Å². The first-order valence-electron chi connectivity index (χ1n) is 11.9.